The third-order valence-electron chi connectivity index (χ3n) is 4.57. The van der Waals surface area contributed by atoms with E-state index in [1.54, 1.807) is 0 Å². The predicted octanol–water partition coefficient (Wildman–Crippen LogP) is 2.53. The van der Waals surface area contributed by atoms with Crippen LogP contribution in [0.1, 0.15) is 52.4 Å². The molecule has 0 aromatic carbocycles. The molecule has 4 heteroatoms. The lowest BCUT2D eigenvalue weighted by Gasteiger charge is -2.28. The van der Waals surface area contributed by atoms with Gasteiger partial charge >= 0.3 is 0 Å². The fourth-order valence-corrected chi connectivity index (χ4v) is 5.20. The van der Waals surface area contributed by atoms with Crippen LogP contribution in [0.25, 0.3) is 0 Å². The van der Waals surface area contributed by atoms with Crippen LogP contribution in [0.3, 0.4) is 0 Å². The van der Waals surface area contributed by atoms with Crippen LogP contribution in [-0.2, 0) is 10.0 Å². The van der Waals surface area contributed by atoms with Crippen molar-refractivity contribution < 1.29 is 8.42 Å². The fourth-order valence-electron chi connectivity index (χ4n) is 3.67. The summed E-state index contributed by atoms with van der Waals surface area (Å²) in [6, 6.07) is 0.132. The van der Waals surface area contributed by atoms with Crippen molar-refractivity contribution in [3.05, 3.63) is 0 Å². The van der Waals surface area contributed by atoms with E-state index in [1.807, 2.05) is 6.92 Å². The van der Waals surface area contributed by atoms with E-state index in [1.165, 1.54) is 25.7 Å². The van der Waals surface area contributed by atoms with Crippen molar-refractivity contribution in [1.82, 2.24) is 4.72 Å². The largest absolute Gasteiger partial charge is 0.212 e. The van der Waals surface area contributed by atoms with Gasteiger partial charge in [0, 0.05) is 6.04 Å². The summed E-state index contributed by atoms with van der Waals surface area (Å²) in [6.07, 6.45) is 6.96. The van der Waals surface area contributed by atoms with Gasteiger partial charge in [0.25, 0.3) is 0 Å². The monoisotopic (exact) mass is 259 g/mol. The lowest BCUT2D eigenvalue weighted by atomic mass is 9.84. The molecule has 100 valence electrons. The van der Waals surface area contributed by atoms with Crippen LogP contribution in [0.15, 0.2) is 0 Å². The van der Waals surface area contributed by atoms with Crippen LogP contribution < -0.4 is 4.72 Å². The fraction of sp³-hybridized carbons (Fsp3) is 1.00. The minimum absolute atomic E-state index is 0.132. The quantitative estimate of drug-likeness (QED) is 0.796. The van der Waals surface area contributed by atoms with Crippen molar-refractivity contribution in [2.24, 2.45) is 17.8 Å². The lowest BCUT2D eigenvalue weighted by molar-refractivity contribution is 0.280. The zero-order valence-corrected chi connectivity index (χ0v) is 11.8. The summed E-state index contributed by atoms with van der Waals surface area (Å²) in [5.74, 6) is 2.54. The van der Waals surface area contributed by atoms with Crippen LogP contribution in [0.5, 0.6) is 0 Å². The van der Waals surface area contributed by atoms with E-state index in [0.29, 0.717) is 5.92 Å². The maximum Gasteiger partial charge on any atom is 0.211 e. The van der Waals surface area contributed by atoms with Crippen molar-refractivity contribution in [1.29, 1.82) is 0 Å². The Labute approximate surface area is 105 Å². The van der Waals surface area contributed by atoms with Gasteiger partial charge in [0.05, 0.1) is 5.75 Å². The Morgan fingerprint density at radius 2 is 2.06 bits per heavy atom. The minimum atomic E-state index is -3.05. The predicted molar refractivity (Wildman–Crippen MR) is 70.2 cm³/mol. The van der Waals surface area contributed by atoms with Gasteiger partial charge < -0.3 is 0 Å². The summed E-state index contributed by atoms with van der Waals surface area (Å²) in [4.78, 5) is 0. The molecule has 2 saturated carbocycles. The molecule has 0 aromatic heterocycles. The SMILES string of the molecule is CCCCS(=O)(=O)N[C@H](C)[C@@H]1C[C@H]2CC[C@H]1C2. The van der Waals surface area contributed by atoms with Gasteiger partial charge in [-0.1, -0.05) is 19.8 Å². The molecule has 4 atom stereocenters. The molecule has 3 nitrogen and oxygen atoms in total. The summed E-state index contributed by atoms with van der Waals surface area (Å²) in [6.45, 7) is 4.07. The standard InChI is InChI=1S/C13H25NO2S/c1-3-4-7-17(15,16)14-10(2)13-9-11-5-6-12(13)8-11/h10-14H,3-9H2,1-2H3/t10-,11+,12+,13+/m1/s1. The first-order valence-corrected chi connectivity index (χ1v) is 8.67. The summed E-state index contributed by atoms with van der Waals surface area (Å²) < 4.78 is 26.6. The highest BCUT2D eigenvalue weighted by Gasteiger charge is 2.42. The molecule has 0 unspecified atom stereocenters. The van der Waals surface area contributed by atoms with Crippen LogP contribution >= 0.6 is 0 Å². The van der Waals surface area contributed by atoms with E-state index in [9.17, 15) is 8.42 Å². The summed E-state index contributed by atoms with van der Waals surface area (Å²) in [5.41, 5.74) is 0. The van der Waals surface area contributed by atoms with E-state index in [4.69, 9.17) is 0 Å². The molecule has 0 amide bonds. The first kappa shape index (κ1) is 13.3. The zero-order valence-electron chi connectivity index (χ0n) is 11.0. The van der Waals surface area contributed by atoms with Gasteiger partial charge in [-0.05, 0) is 50.4 Å². The van der Waals surface area contributed by atoms with Gasteiger partial charge in [0.1, 0.15) is 0 Å². The average Bonchev–Trinajstić information content (AvgIpc) is 2.87. The maximum absolute atomic E-state index is 11.9. The second kappa shape index (κ2) is 5.27. The molecule has 17 heavy (non-hydrogen) atoms. The first-order valence-electron chi connectivity index (χ1n) is 7.02. The first-order chi connectivity index (χ1) is 8.02. The van der Waals surface area contributed by atoms with Crippen molar-refractivity contribution in [2.45, 2.75) is 58.4 Å². The van der Waals surface area contributed by atoms with E-state index in [0.717, 1.165) is 24.7 Å². The molecule has 0 aromatic rings. The number of sulfonamides is 1. The smallest absolute Gasteiger partial charge is 0.211 e. The average molecular weight is 259 g/mol. The zero-order chi connectivity index (χ0) is 12.5. The number of nitrogens with one attached hydrogen (secondary N) is 1. The van der Waals surface area contributed by atoms with Crippen LogP contribution in [0, 0.1) is 17.8 Å². The van der Waals surface area contributed by atoms with Crippen LogP contribution in [-0.4, -0.2) is 20.2 Å². The van der Waals surface area contributed by atoms with Crippen LogP contribution in [0.4, 0.5) is 0 Å². The Bertz CT molecular complexity index is 352. The van der Waals surface area contributed by atoms with Crippen LogP contribution in [0.2, 0.25) is 0 Å². The number of unbranched alkanes of at least 4 members (excludes halogenated alkanes) is 1. The molecule has 0 heterocycles. The molecule has 0 saturated heterocycles. The van der Waals surface area contributed by atoms with Gasteiger partial charge in [0.15, 0.2) is 0 Å². The van der Waals surface area contributed by atoms with Gasteiger partial charge in [-0.15, -0.1) is 0 Å². The van der Waals surface area contributed by atoms with Crippen molar-refractivity contribution in [3.8, 4) is 0 Å². The minimum Gasteiger partial charge on any atom is -0.212 e. The highest BCUT2D eigenvalue weighted by molar-refractivity contribution is 7.89. The molecule has 2 fully saturated rings. The highest BCUT2D eigenvalue weighted by Crippen LogP contribution is 2.49. The van der Waals surface area contributed by atoms with Gasteiger partial charge in [0.2, 0.25) is 10.0 Å². The highest BCUT2D eigenvalue weighted by atomic mass is 32.2. The Kier molecular flexibility index (Phi) is 4.14. The molecule has 0 spiro atoms. The van der Waals surface area contributed by atoms with Crippen molar-refractivity contribution >= 4 is 10.0 Å². The second-order valence-electron chi connectivity index (χ2n) is 5.92. The number of fused-ring (bicyclic) bond motifs is 2. The molecular weight excluding hydrogens is 234 g/mol. The van der Waals surface area contributed by atoms with E-state index in [-0.39, 0.29) is 11.8 Å². The Morgan fingerprint density at radius 3 is 2.59 bits per heavy atom. The Hall–Kier alpha value is -0.0900. The third kappa shape index (κ3) is 3.22. The van der Waals surface area contributed by atoms with E-state index >= 15 is 0 Å². The number of rotatable bonds is 6. The number of hydrogen-bond acceptors (Lipinski definition) is 2. The molecule has 0 aliphatic heterocycles. The maximum atomic E-state index is 11.9. The molecular formula is C13H25NO2S. The summed E-state index contributed by atoms with van der Waals surface area (Å²) in [5, 5.41) is 0. The van der Waals surface area contributed by atoms with Crippen molar-refractivity contribution in [2.75, 3.05) is 5.75 Å². The normalized spacial score (nSPS) is 34.1. The molecule has 2 bridgehead atoms. The molecule has 2 aliphatic carbocycles. The third-order valence-corrected chi connectivity index (χ3v) is 6.12. The van der Waals surface area contributed by atoms with E-state index in [2.05, 4.69) is 11.6 Å². The van der Waals surface area contributed by atoms with Gasteiger partial charge in [-0.2, -0.15) is 0 Å². The molecule has 0 radical (unpaired) electrons. The van der Waals surface area contributed by atoms with Crippen molar-refractivity contribution in [3.63, 3.8) is 0 Å². The molecule has 2 aliphatic rings. The second-order valence-corrected chi connectivity index (χ2v) is 7.79. The summed E-state index contributed by atoms with van der Waals surface area (Å²) >= 11 is 0. The number of hydrogen-bond donors (Lipinski definition) is 1. The van der Waals surface area contributed by atoms with Gasteiger partial charge in [-0.3, -0.25) is 0 Å². The lowest BCUT2D eigenvalue weighted by Crippen LogP contribution is -2.41. The topological polar surface area (TPSA) is 46.2 Å². The molecule has 1 N–H and O–H groups in total. The molecule has 2 rings (SSSR count). The Balaban J connectivity index is 1.86. The van der Waals surface area contributed by atoms with Gasteiger partial charge in [-0.25, -0.2) is 13.1 Å². The summed E-state index contributed by atoms with van der Waals surface area (Å²) in [7, 11) is -3.05. The van der Waals surface area contributed by atoms with E-state index < -0.39 is 10.0 Å². The Morgan fingerprint density at radius 1 is 1.29 bits per heavy atom.